The van der Waals surface area contributed by atoms with Crippen molar-refractivity contribution in [2.75, 3.05) is 38.5 Å². The molecule has 0 bridgehead atoms. The number of nitrogens with two attached hydrogens (primary N) is 1. The highest BCUT2D eigenvalue weighted by atomic mass is 16.2. The average molecular weight is 344 g/mol. The predicted octanol–water partition coefficient (Wildman–Crippen LogP) is 1.86. The molecular formula is C19H28N4O2. The van der Waals surface area contributed by atoms with Gasteiger partial charge in [-0.15, -0.1) is 0 Å². The molecule has 0 aliphatic carbocycles. The lowest BCUT2D eigenvalue weighted by Crippen LogP contribution is -2.47. The summed E-state index contributed by atoms with van der Waals surface area (Å²) >= 11 is 0. The first-order chi connectivity index (χ1) is 12.1. The number of piperidine rings is 1. The molecule has 0 spiro atoms. The molecule has 3 amide bonds. The van der Waals surface area contributed by atoms with Crippen LogP contribution < -0.4 is 11.1 Å². The highest BCUT2D eigenvalue weighted by Crippen LogP contribution is 2.20. The third-order valence-corrected chi connectivity index (χ3v) is 5.21. The number of carbonyl (C=O) groups excluding carboxylic acids is 2. The average Bonchev–Trinajstić information content (AvgIpc) is 3.17. The summed E-state index contributed by atoms with van der Waals surface area (Å²) in [6, 6.07) is 7.89. The van der Waals surface area contributed by atoms with Crippen molar-refractivity contribution in [3.05, 3.63) is 29.8 Å². The smallest absolute Gasteiger partial charge is 0.319 e. The van der Waals surface area contributed by atoms with Gasteiger partial charge in [0.25, 0.3) is 0 Å². The van der Waals surface area contributed by atoms with Crippen LogP contribution >= 0.6 is 0 Å². The van der Waals surface area contributed by atoms with Gasteiger partial charge in [0.1, 0.15) is 0 Å². The van der Waals surface area contributed by atoms with E-state index in [0.717, 1.165) is 50.9 Å². The van der Waals surface area contributed by atoms with Crippen molar-refractivity contribution < 1.29 is 9.59 Å². The van der Waals surface area contributed by atoms with E-state index in [1.807, 2.05) is 34.1 Å². The maximum absolute atomic E-state index is 12.4. The Labute approximate surface area is 149 Å². The third kappa shape index (κ3) is 4.65. The van der Waals surface area contributed by atoms with Gasteiger partial charge in [-0.2, -0.15) is 0 Å². The Morgan fingerprint density at radius 1 is 1.00 bits per heavy atom. The largest absolute Gasteiger partial charge is 0.399 e. The Kier molecular flexibility index (Phi) is 5.79. The number of amides is 3. The Morgan fingerprint density at radius 3 is 2.24 bits per heavy atom. The molecule has 2 aliphatic heterocycles. The Balaban J connectivity index is 1.37. The van der Waals surface area contributed by atoms with Gasteiger partial charge in [0.05, 0.1) is 0 Å². The number of benzene rings is 1. The van der Waals surface area contributed by atoms with Crippen LogP contribution in [0.4, 0.5) is 10.5 Å². The summed E-state index contributed by atoms with van der Waals surface area (Å²) in [5.74, 6) is 0.137. The minimum Gasteiger partial charge on any atom is -0.399 e. The third-order valence-electron chi connectivity index (χ3n) is 5.21. The molecule has 6 nitrogen and oxygen atoms in total. The van der Waals surface area contributed by atoms with Gasteiger partial charge in [-0.3, -0.25) is 4.79 Å². The van der Waals surface area contributed by atoms with Gasteiger partial charge in [-0.25, -0.2) is 4.79 Å². The molecule has 25 heavy (non-hydrogen) atoms. The summed E-state index contributed by atoms with van der Waals surface area (Å²) in [7, 11) is 0. The monoisotopic (exact) mass is 344 g/mol. The van der Waals surface area contributed by atoms with E-state index in [0.29, 0.717) is 19.6 Å². The van der Waals surface area contributed by atoms with Gasteiger partial charge in [0, 0.05) is 44.3 Å². The fourth-order valence-corrected chi connectivity index (χ4v) is 3.60. The zero-order valence-electron chi connectivity index (χ0n) is 14.7. The number of urea groups is 1. The van der Waals surface area contributed by atoms with E-state index in [1.165, 1.54) is 5.56 Å². The minimum absolute atomic E-state index is 0.0223. The van der Waals surface area contributed by atoms with Crippen LogP contribution in [-0.4, -0.2) is 54.5 Å². The van der Waals surface area contributed by atoms with Crippen molar-refractivity contribution in [1.82, 2.24) is 15.1 Å². The second-order valence-corrected chi connectivity index (χ2v) is 7.02. The quantitative estimate of drug-likeness (QED) is 0.818. The molecule has 0 saturated carbocycles. The number of anilines is 1. The molecule has 2 saturated heterocycles. The molecule has 0 radical (unpaired) electrons. The molecule has 2 aliphatic rings. The van der Waals surface area contributed by atoms with Crippen molar-refractivity contribution in [3.8, 4) is 0 Å². The number of rotatable bonds is 4. The lowest BCUT2D eigenvalue weighted by Gasteiger charge is -2.34. The number of nitrogens with zero attached hydrogens (tertiary/aromatic N) is 2. The summed E-state index contributed by atoms with van der Waals surface area (Å²) in [5.41, 5.74) is 7.59. The van der Waals surface area contributed by atoms with Crippen LogP contribution in [0.5, 0.6) is 0 Å². The van der Waals surface area contributed by atoms with E-state index in [2.05, 4.69) is 5.32 Å². The molecule has 1 aromatic rings. The fraction of sp³-hybridized carbons (Fsp3) is 0.579. The van der Waals surface area contributed by atoms with E-state index in [4.69, 9.17) is 5.73 Å². The molecule has 2 fully saturated rings. The molecule has 3 N–H and O–H groups in total. The van der Waals surface area contributed by atoms with E-state index < -0.39 is 0 Å². The molecule has 2 heterocycles. The second kappa shape index (κ2) is 8.23. The number of hydrogen-bond acceptors (Lipinski definition) is 3. The Hall–Kier alpha value is -2.24. The zero-order valence-corrected chi connectivity index (χ0v) is 14.7. The van der Waals surface area contributed by atoms with E-state index in [-0.39, 0.29) is 17.9 Å². The fourth-order valence-electron chi connectivity index (χ4n) is 3.60. The van der Waals surface area contributed by atoms with Crippen LogP contribution in [0, 0.1) is 5.92 Å². The topological polar surface area (TPSA) is 78.7 Å². The molecule has 0 unspecified atom stereocenters. The first kappa shape index (κ1) is 17.6. The van der Waals surface area contributed by atoms with E-state index in [9.17, 15) is 9.59 Å². The van der Waals surface area contributed by atoms with Crippen LogP contribution in [-0.2, 0) is 11.2 Å². The second-order valence-electron chi connectivity index (χ2n) is 7.02. The maximum atomic E-state index is 12.4. The van der Waals surface area contributed by atoms with Crippen molar-refractivity contribution in [1.29, 1.82) is 0 Å². The summed E-state index contributed by atoms with van der Waals surface area (Å²) in [4.78, 5) is 28.5. The van der Waals surface area contributed by atoms with E-state index >= 15 is 0 Å². The number of hydrogen-bond donors (Lipinski definition) is 2. The minimum atomic E-state index is 0.0223. The van der Waals surface area contributed by atoms with Crippen LogP contribution in [0.25, 0.3) is 0 Å². The lowest BCUT2D eigenvalue weighted by atomic mass is 9.96. The molecule has 6 heteroatoms. The van der Waals surface area contributed by atoms with Gasteiger partial charge in [-0.1, -0.05) is 12.1 Å². The SMILES string of the molecule is Nc1ccc(CCNC(=O)C2CCN(C(=O)N3CCCC3)CC2)cc1. The normalized spacial score (nSPS) is 18.4. The first-order valence-electron chi connectivity index (χ1n) is 9.29. The Morgan fingerprint density at radius 2 is 1.60 bits per heavy atom. The van der Waals surface area contributed by atoms with Crippen LogP contribution in [0.2, 0.25) is 0 Å². The highest BCUT2D eigenvalue weighted by Gasteiger charge is 2.30. The van der Waals surface area contributed by atoms with Crippen LogP contribution in [0.15, 0.2) is 24.3 Å². The van der Waals surface area contributed by atoms with Gasteiger partial charge < -0.3 is 20.9 Å². The summed E-state index contributed by atoms with van der Waals surface area (Å²) in [6.45, 7) is 3.77. The number of likely N-dealkylation sites (tertiary alicyclic amines) is 2. The standard InChI is InChI=1S/C19H28N4O2/c20-17-5-3-15(4-6-17)7-10-21-18(24)16-8-13-23(14-9-16)19(25)22-11-1-2-12-22/h3-6,16H,1-2,7-14,20H2,(H,21,24). The van der Waals surface area contributed by atoms with Gasteiger partial charge in [0.2, 0.25) is 5.91 Å². The molecule has 3 rings (SSSR count). The summed E-state index contributed by atoms with van der Waals surface area (Å²) < 4.78 is 0. The van der Waals surface area contributed by atoms with Crippen molar-refractivity contribution in [2.45, 2.75) is 32.1 Å². The summed E-state index contributed by atoms with van der Waals surface area (Å²) in [6.07, 6.45) is 4.54. The van der Waals surface area contributed by atoms with Crippen molar-refractivity contribution in [2.24, 2.45) is 5.92 Å². The van der Waals surface area contributed by atoms with Crippen molar-refractivity contribution in [3.63, 3.8) is 0 Å². The first-order valence-corrected chi connectivity index (χ1v) is 9.29. The molecule has 0 atom stereocenters. The Bertz CT molecular complexity index is 588. The van der Waals surface area contributed by atoms with Crippen LogP contribution in [0.1, 0.15) is 31.2 Å². The van der Waals surface area contributed by atoms with Crippen molar-refractivity contribution >= 4 is 17.6 Å². The summed E-state index contributed by atoms with van der Waals surface area (Å²) in [5, 5.41) is 3.03. The molecule has 0 aromatic heterocycles. The molecule has 1 aromatic carbocycles. The van der Waals surface area contributed by atoms with E-state index in [1.54, 1.807) is 0 Å². The maximum Gasteiger partial charge on any atom is 0.319 e. The zero-order chi connectivity index (χ0) is 17.6. The van der Waals surface area contributed by atoms with Gasteiger partial charge in [0.15, 0.2) is 0 Å². The van der Waals surface area contributed by atoms with Crippen LogP contribution in [0.3, 0.4) is 0 Å². The number of nitrogens with one attached hydrogen (secondary N) is 1. The lowest BCUT2D eigenvalue weighted by molar-refractivity contribution is -0.126. The number of nitrogen functional groups attached to an aromatic ring is 1. The van der Waals surface area contributed by atoms with Gasteiger partial charge in [-0.05, 0) is 49.8 Å². The molecular weight excluding hydrogens is 316 g/mol. The predicted molar refractivity (Wildman–Crippen MR) is 98.1 cm³/mol. The highest BCUT2D eigenvalue weighted by molar-refractivity contribution is 5.79. The molecule has 136 valence electrons. The number of carbonyl (C=O) groups is 2. The van der Waals surface area contributed by atoms with Gasteiger partial charge >= 0.3 is 6.03 Å².